The molecule has 2 fully saturated rings. The minimum absolute atomic E-state index is 0.0756. The molecule has 0 aromatic carbocycles. The summed E-state index contributed by atoms with van der Waals surface area (Å²) in [5.41, 5.74) is 5.17. The number of hydrogen-bond donors (Lipinski definition) is 3. The molecule has 0 aliphatic carbocycles. The summed E-state index contributed by atoms with van der Waals surface area (Å²) >= 11 is 0. The number of quaternary nitrogens is 2. The number of hydrogen-bond acceptors (Lipinski definition) is 3. The normalized spacial score (nSPS) is 32.9. The van der Waals surface area contributed by atoms with E-state index in [0.29, 0.717) is 13.0 Å². The Balaban J connectivity index is 1.89. The van der Waals surface area contributed by atoms with Crippen molar-refractivity contribution in [2.24, 2.45) is 5.73 Å². The van der Waals surface area contributed by atoms with E-state index >= 15 is 0 Å². The fourth-order valence-corrected chi connectivity index (χ4v) is 2.77. The molecule has 0 bridgehead atoms. The predicted molar refractivity (Wildman–Crippen MR) is 61.6 cm³/mol. The zero-order valence-corrected chi connectivity index (χ0v) is 10.6. The van der Waals surface area contributed by atoms with Crippen LogP contribution >= 0.6 is 0 Å². The van der Waals surface area contributed by atoms with Gasteiger partial charge in [0, 0.05) is 7.05 Å². The summed E-state index contributed by atoms with van der Waals surface area (Å²) < 4.78 is 0. The van der Waals surface area contributed by atoms with Crippen LogP contribution in [0.4, 0.5) is 0 Å². The molecular weight excluding hydrogens is 236 g/mol. The van der Waals surface area contributed by atoms with Gasteiger partial charge in [-0.25, -0.2) is 0 Å². The van der Waals surface area contributed by atoms with Crippen molar-refractivity contribution < 1.29 is 24.2 Å². The highest BCUT2D eigenvalue weighted by molar-refractivity contribution is 6.04. The number of nitrogens with one attached hydrogen (secondary N) is 2. The number of amides is 3. The number of primary amides is 1. The number of likely N-dealkylation sites (tertiary alicyclic amines) is 1. The molecule has 2 rings (SSSR count). The van der Waals surface area contributed by atoms with Gasteiger partial charge in [-0.05, 0) is 0 Å². The topological polar surface area (TPSA) is 89.3 Å². The Morgan fingerprint density at radius 1 is 1.33 bits per heavy atom. The van der Waals surface area contributed by atoms with E-state index in [-0.39, 0.29) is 23.8 Å². The van der Waals surface area contributed by atoms with Crippen molar-refractivity contribution in [2.75, 3.05) is 39.8 Å². The van der Waals surface area contributed by atoms with Gasteiger partial charge < -0.3 is 15.5 Å². The Kier molecular flexibility index (Phi) is 3.63. The fourth-order valence-electron chi connectivity index (χ4n) is 2.77. The minimum atomic E-state index is -0.291. The van der Waals surface area contributed by atoms with Crippen molar-refractivity contribution in [2.45, 2.75) is 12.5 Å². The third-order valence-corrected chi connectivity index (χ3v) is 3.90. The van der Waals surface area contributed by atoms with Gasteiger partial charge in [-0.15, -0.1) is 0 Å². The third-order valence-electron chi connectivity index (χ3n) is 3.90. The van der Waals surface area contributed by atoms with E-state index in [1.807, 2.05) is 0 Å². The van der Waals surface area contributed by atoms with Crippen LogP contribution in [0.2, 0.25) is 0 Å². The Morgan fingerprint density at radius 3 is 2.39 bits per heavy atom. The molecule has 0 aromatic heterocycles. The molecule has 4 N–H and O–H groups in total. The maximum Gasteiger partial charge on any atom is 0.287 e. The highest BCUT2D eigenvalue weighted by atomic mass is 16.2. The predicted octanol–water partition coefficient (Wildman–Crippen LogP) is -4.99. The molecule has 0 aromatic rings. The van der Waals surface area contributed by atoms with Crippen LogP contribution in [0.3, 0.4) is 0 Å². The van der Waals surface area contributed by atoms with E-state index in [4.69, 9.17) is 5.73 Å². The number of carbonyl (C=O) groups excluding carboxylic acids is 3. The molecule has 2 heterocycles. The number of carbonyl (C=O) groups is 3. The third kappa shape index (κ3) is 2.51. The Bertz CT molecular complexity index is 376. The van der Waals surface area contributed by atoms with Crippen LogP contribution in [-0.4, -0.2) is 68.4 Å². The second-order valence-corrected chi connectivity index (χ2v) is 5.10. The molecule has 100 valence electrons. The first-order valence-corrected chi connectivity index (χ1v) is 6.26. The van der Waals surface area contributed by atoms with Crippen LogP contribution in [0.1, 0.15) is 6.42 Å². The summed E-state index contributed by atoms with van der Waals surface area (Å²) in [7, 11) is 1.54. The van der Waals surface area contributed by atoms with Gasteiger partial charge in [0.1, 0.15) is 26.2 Å². The highest BCUT2D eigenvalue weighted by Gasteiger charge is 2.44. The van der Waals surface area contributed by atoms with Crippen LogP contribution in [0, 0.1) is 0 Å². The molecule has 0 saturated carbocycles. The van der Waals surface area contributed by atoms with Gasteiger partial charge >= 0.3 is 0 Å². The molecule has 3 amide bonds. The van der Waals surface area contributed by atoms with Crippen molar-refractivity contribution in [1.82, 2.24) is 4.90 Å². The van der Waals surface area contributed by atoms with Crippen LogP contribution in [0.15, 0.2) is 0 Å². The van der Waals surface area contributed by atoms with Crippen molar-refractivity contribution in [3.05, 3.63) is 0 Å². The van der Waals surface area contributed by atoms with Crippen molar-refractivity contribution in [3.8, 4) is 0 Å². The number of rotatable bonds is 3. The molecule has 0 unspecified atom stereocenters. The first-order chi connectivity index (χ1) is 8.49. The van der Waals surface area contributed by atoms with Gasteiger partial charge in [0.05, 0.1) is 6.42 Å². The van der Waals surface area contributed by atoms with E-state index in [2.05, 4.69) is 0 Å². The van der Waals surface area contributed by atoms with Gasteiger partial charge in [0.15, 0.2) is 12.6 Å². The van der Waals surface area contributed by atoms with E-state index in [1.165, 1.54) is 4.90 Å². The van der Waals surface area contributed by atoms with Crippen LogP contribution in [0.5, 0.6) is 0 Å². The maximum absolute atomic E-state index is 11.9. The molecule has 7 nitrogen and oxygen atoms in total. The summed E-state index contributed by atoms with van der Waals surface area (Å²) in [6, 6.07) is -0.224. The standard InChI is InChI=1S/C11H18N4O3/c1-13-10(17)6-8(11(13)18)15-4-2-14(3-5-15)7-9(12)16/h8H,2-7H2,1H3,(H2,12,16)/p+2/t8-/m1/s1. The molecule has 2 saturated heterocycles. The van der Waals surface area contributed by atoms with Crippen LogP contribution in [0.25, 0.3) is 0 Å². The quantitative estimate of drug-likeness (QED) is 0.442. The molecule has 2 aliphatic heterocycles. The Hall–Kier alpha value is -1.47. The average Bonchev–Trinajstić information content (AvgIpc) is 2.57. The SMILES string of the molecule is CN1C(=O)C[C@@H]([NH+]2CC[NH+](CC(N)=O)CC2)C1=O. The van der Waals surface area contributed by atoms with Crippen molar-refractivity contribution >= 4 is 17.7 Å². The number of nitrogens with zero attached hydrogens (tertiary/aromatic N) is 1. The summed E-state index contributed by atoms with van der Waals surface area (Å²) in [4.78, 5) is 37.7. The number of imide groups is 1. The molecule has 7 heteroatoms. The Morgan fingerprint density at radius 2 is 1.94 bits per heavy atom. The van der Waals surface area contributed by atoms with Gasteiger partial charge in [-0.2, -0.15) is 0 Å². The molecule has 0 spiro atoms. The lowest BCUT2D eigenvalue weighted by molar-refractivity contribution is -1.02. The highest BCUT2D eigenvalue weighted by Crippen LogP contribution is 2.07. The largest absolute Gasteiger partial charge is 0.365 e. The monoisotopic (exact) mass is 256 g/mol. The first kappa shape index (κ1) is 13.0. The maximum atomic E-state index is 11.9. The van der Waals surface area contributed by atoms with Gasteiger partial charge in [0.2, 0.25) is 5.91 Å². The summed E-state index contributed by atoms with van der Waals surface area (Å²) in [6.45, 7) is 3.60. The lowest BCUT2D eigenvalue weighted by Gasteiger charge is -2.31. The van der Waals surface area contributed by atoms with Crippen LogP contribution < -0.4 is 15.5 Å². The zero-order chi connectivity index (χ0) is 13.3. The second kappa shape index (κ2) is 5.03. The van der Waals surface area contributed by atoms with Gasteiger partial charge in [-0.3, -0.25) is 19.3 Å². The van der Waals surface area contributed by atoms with Crippen LogP contribution in [-0.2, 0) is 14.4 Å². The van der Waals surface area contributed by atoms with Crippen molar-refractivity contribution in [1.29, 1.82) is 0 Å². The van der Waals surface area contributed by atoms with Crippen molar-refractivity contribution in [3.63, 3.8) is 0 Å². The van der Waals surface area contributed by atoms with E-state index < -0.39 is 0 Å². The smallest absolute Gasteiger partial charge is 0.287 e. The zero-order valence-electron chi connectivity index (χ0n) is 10.6. The fraction of sp³-hybridized carbons (Fsp3) is 0.727. The number of likely N-dealkylation sites (N-methyl/N-ethyl adjacent to an activating group) is 1. The van der Waals surface area contributed by atoms with E-state index in [1.54, 1.807) is 7.05 Å². The van der Waals surface area contributed by atoms with Gasteiger partial charge in [-0.1, -0.05) is 0 Å². The first-order valence-electron chi connectivity index (χ1n) is 6.26. The van der Waals surface area contributed by atoms with E-state index in [9.17, 15) is 14.4 Å². The number of piperazine rings is 1. The van der Waals surface area contributed by atoms with Gasteiger partial charge in [0.25, 0.3) is 11.8 Å². The average molecular weight is 256 g/mol. The minimum Gasteiger partial charge on any atom is -0.365 e. The summed E-state index contributed by atoms with van der Waals surface area (Å²) in [6.07, 6.45) is 0.315. The number of nitrogens with two attached hydrogens (primary N) is 1. The molecular formula is C11H20N4O3+2. The summed E-state index contributed by atoms with van der Waals surface area (Å²) in [5.74, 6) is -0.460. The lowest BCUT2D eigenvalue weighted by atomic mass is 10.1. The second-order valence-electron chi connectivity index (χ2n) is 5.10. The molecule has 1 atom stereocenters. The molecule has 0 radical (unpaired) electrons. The lowest BCUT2D eigenvalue weighted by Crippen LogP contribution is -3.30. The summed E-state index contributed by atoms with van der Waals surface area (Å²) in [5, 5.41) is 0. The molecule has 2 aliphatic rings. The Labute approximate surface area is 105 Å². The van der Waals surface area contributed by atoms with E-state index in [0.717, 1.165) is 36.0 Å². The molecule has 18 heavy (non-hydrogen) atoms.